The van der Waals surface area contributed by atoms with E-state index in [0.717, 1.165) is 27.9 Å². The third-order valence-corrected chi connectivity index (χ3v) is 5.31. The molecule has 0 bridgehead atoms. The second kappa shape index (κ2) is 8.66. The average molecular weight is 431 g/mol. The minimum Gasteiger partial charge on any atom is -0.352 e. The molecule has 3 heterocycles. The summed E-state index contributed by atoms with van der Waals surface area (Å²) in [6.07, 6.45) is 1.61. The zero-order valence-electron chi connectivity index (χ0n) is 18.5. The van der Waals surface area contributed by atoms with Gasteiger partial charge in [-0.1, -0.05) is 26.0 Å². The topological polar surface area (TPSA) is 116 Å². The highest BCUT2D eigenvalue weighted by Gasteiger charge is 2.15. The lowest BCUT2D eigenvalue weighted by atomic mass is 10.1. The standard InChI is InChI=1S/C24H26N6O2/c1-13(2)11-26-23(31)17-7-5-6-16(8-17)20-10-18-9-19(12-25-22(18)28-20)27-24(32)21-14(3)15(4)29-30-21/h5-10,12-13H,11H2,1-4H3,(H,25,28)(H,26,31)(H,27,32)(H,29,30). The van der Waals surface area contributed by atoms with E-state index in [2.05, 4.69) is 44.6 Å². The minimum absolute atomic E-state index is 0.0934. The Balaban J connectivity index is 1.56. The van der Waals surface area contributed by atoms with E-state index >= 15 is 0 Å². The number of aromatic amines is 2. The van der Waals surface area contributed by atoms with Gasteiger partial charge < -0.3 is 15.6 Å². The number of nitrogens with zero attached hydrogens (tertiary/aromatic N) is 2. The molecule has 0 saturated carbocycles. The highest BCUT2D eigenvalue weighted by Crippen LogP contribution is 2.26. The molecule has 32 heavy (non-hydrogen) atoms. The van der Waals surface area contributed by atoms with E-state index < -0.39 is 0 Å². The summed E-state index contributed by atoms with van der Waals surface area (Å²) in [7, 11) is 0. The highest BCUT2D eigenvalue weighted by atomic mass is 16.2. The normalized spacial score (nSPS) is 11.2. The molecule has 1 aromatic carbocycles. The summed E-state index contributed by atoms with van der Waals surface area (Å²) in [4.78, 5) is 32.7. The van der Waals surface area contributed by atoms with Gasteiger partial charge in [-0.3, -0.25) is 14.7 Å². The lowest BCUT2D eigenvalue weighted by molar-refractivity contribution is 0.0948. The van der Waals surface area contributed by atoms with Gasteiger partial charge >= 0.3 is 0 Å². The number of pyridine rings is 1. The number of fused-ring (bicyclic) bond motifs is 1. The Morgan fingerprint density at radius 3 is 2.62 bits per heavy atom. The summed E-state index contributed by atoms with van der Waals surface area (Å²) in [5, 5.41) is 13.5. The second-order valence-electron chi connectivity index (χ2n) is 8.29. The lowest BCUT2D eigenvalue weighted by Crippen LogP contribution is -2.27. The number of carbonyl (C=O) groups is 2. The molecule has 3 aromatic heterocycles. The zero-order valence-corrected chi connectivity index (χ0v) is 18.5. The van der Waals surface area contributed by atoms with Crippen LogP contribution in [0.25, 0.3) is 22.3 Å². The number of nitrogens with one attached hydrogen (secondary N) is 4. The van der Waals surface area contributed by atoms with Crippen molar-refractivity contribution in [2.45, 2.75) is 27.7 Å². The van der Waals surface area contributed by atoms with E-state index in [9.17, 15) is 9.59 Å². The molecule has 4 rings (SSSR count). The molecule has 0 aliphatic heterocycles. The van der Waals surface area contributed by atoms with Crippen LogP contribution in [0.15, 0.2) is 42.6 Å². The Morgan fingerprint density at radius 1 is 1.09 bits per heavy atom. The van der Waals surface area contributed by atoms with Crippen LogP contribution in [0.1, 0.15) is 46.0 Å². The van der Waals surface area contributed by atoms with Gasteiger partial charge in [0.2, 0.25) is 0 Å². The number of anilines is 1. The summed E-state index contributed by atoms with van der Waals surface area (Å²) in [6, 6.07) is 11.3. The molecule has 0 radical (unpaired) electrons. The van der Waals surface area contributed by atoms with Gasteiger partial charge in [-0.25, -0.2) is 4.98 Å². The molecule has 0 fully saturated rings. The number of hydrogen-bond acceptors (Lipinski definition) is 4. The Morgan fingerprint density at radius 2 is 1.91 bits per heavy atom. The summed E-state index contributed by atoms with van der Waals surface area (Å²) < 4.78 is 0. The number of aryl methyl sites for hydroxylation is 1. The Bertz CT molecular complexity index is 1300. The molecular formula is C24H26N6O2. The van der Waals surface area contributed by atoms with Crippen molar-refractivity contribution >= 4 is 28.5 Å². The summed E-state index contributed by atoms with van der Waals surface area (Å²) in [5.74, 6) is 0.0297. The van der Waals surface area contributed by atoms with Gasteiger partial charge in [-0.15, -0.1) is 0 Å². The van der Waals surface area contributed by atoms with Crippen molar-refractivity contribution in [2.75, 3.05) is 11.9 Å². The van der Waals surface area contributed by atoms with Gasteiger partial charge in [-0.2, -0.15) is 5.10 Å². The number of aromatic nitrogens is 4. The van der Waals surface area contributed by atoms with Crippen LogP contribution >= 0.6 is 0 Å². The van der Waals surface area contributed by atoms with E-state index in [4.69, 9.17) is 0 Å². The Labute approximate surface area is 185 Å². The average Bonchev–Trinajstić information content (AvgIpc) is 3.35. The number of rotatable bonds is 6. The van der Waals surface area contributed by atoms with Crippen LogP contribution in [0, 0.1) is 19.8 Å². The number of H-pyrrole nitrogens is 2. The van der Waals surface area contributed by atoms with Gasteiger partial charge in [-0.05, 0) is 49.6 Å². The van der Waals surface area contributed by atoms with Gasteiger partial charge in [0.1, 0.15) is 11.3 Å². The van der Waals surface area contributed by atoms with Crippen molar-refractivity contribution in [3.05, 3.63) is 65.1 Å². The molecule has 2 amide bonds. The number of carbonyl (C=O) groups excluding carboxylic acids is 2. The molecule has 0 saturated heterocycles. The second-order valence-corrected chi connectivity index (χ2v) is 8.29. The zero-order chi connectivity index (χ0) is 22.8. The van der Waals surface area contributed by atoms with Crippen molar-refractivity contribution in [3.63, 3.8) is 0 Å². The van der Waals surface area contributed by atoms with E-state index in [-0.39, 0.29) is 11.8 Å². The SMILES string of the molecule is Cc1n[nH]c(C(=O)Nc2cnc3[nH]c(-c4cccc(C(=O)NCC(C)C)c4)cc3c2)c1C. The molecule has 0 unspecified atom stereocenters. The number of amides is 2. The maximum atomic E-state index is 12.6. The van der Waals surface area contributed by atoms with Crippen molar-refractivity contribution in [1.82, 2.24) is 25.5 Å². The molecular weight excluding hydrogens is 404 g/mol. The summed E-state index contributed by atoms with van der Waals surface area (Å²) in [6.45, 7) is 8.45. The maximum absolute atomic E-state index is 12.6. The highest BCUT2D eigenvalue weighted by molar-refractivity contribution is 6.04. The van der Waals surface area contributed by atoms with Crippen molar-refractivity contribution in [2.24, 2.45) is 5.92 Å². The number of benzene rings is 1. The third-order valence-electron chi connectivity index (χ3n) is 5.31. The van der Waals surface area contributed by atoms with Crippen LogP contribution in [0.5, 0.6) is 0 Å². The fourth-order valence-corrected chi connectivity index (χ4v) is 3.37. The largest absolute Gasteiger partial charge is 0.352 e. The molecule has 4 N–H and O–H groups in total. The molecule has 0 spiro atoms. The van der Waals surface area contributed by atoms with Gasteiger partial charge in [0.05, 0.1) is 17.6 Å². The first kappa shape index (κ1) is 21.3. The molecule has 8 nitrogen and oxygen atoms in total. The maximum Gasteiger partial charge on any atom is 0.273 e. The predicted molar refractivity (Wildman–Crippen MR) is 125 cm³/mol. The van der Waals surface area contributed by atoms with Crippen LogP contribution in [0.2, 0.25) is 0 Å². The molecule has 0 aliphatic carbocycles. The van der Waals surface area contributed by atoms with Crippen molar-refractivity contribution in [3.8, 4) is 11.3 Å². The van der Waals surface area contributed by atoms with E-state index in [1.54, 1.807) is 12.3 Å². The third kappa shape index (κ3) is 4.39. The van der Waals surface area contributed by atoms with Crippen LogP contribution in [0.4, 0.5) is 5.69 Å². The molecule has 164 valence electrons. The first-order chi connectivity index (χ1) is 15.3. The van der Waals surface area contributed by atoms with Gasteiger partial charge in [0.25, 0.3) is 11.8 Å². The van der Waals surface area contributed by atoms with E-state index in [1.807, 2.05) is 44.2 Å². The molecule has 8 heteroatoms. The van der Waals surface area contributed by atoms with Crippen LogP contribution in [-0.2, 0) is 0 Å². The van der Waals surface area contributed by atoms with Gasteiger partial charge in [0.15, 0.2) is 0 Å². The van der Waals surface area contributed by atoms with Crippen LogP contribution < -0.4 is 10.6 Å². The quantitative estimate of drug-likeness (QED) is 0.367. The molecule has 0 atom stereocenters. The summed E-state index contributed by atoms with van der Waals surface area (Å²) >= 11 is 0. The fourth-order valence-electron chi connectivity index (χ4n) is 3.37. The van der Waals surface area contributed by atoms with Gasteiger partial charge in [0, 0.05) is 28.8 Å². The lowest BCUT2D eigenvalue weighted by Gasteiger charge is -2.08. The monoisotopic (exact) mass is 430 g/mol. The molecule has 4 aromatic rings. The molecule has 0 aliphatic rings. The first-order valence-corrected chi connectivity index (χ1v) is 10.5. The number of hydrogen-bond donors (Lipinski definition) is 4. The minimum atomic E-state index is -0.264. The van der Waals surface area contributed by atoms with Crippen LogP contribution in [-0.4, -0.2) is 38.5 Å². The smallest absolute Gasteiger partial charge is 0.273 e. The van der Waals surface area contributed by atoms with Crippen molar-refractivity contribution < 1.29 is 9.59 Å². The Kier molecular flexibility index (Phi) is 5.77. The van der Waals surface area contributed by atoms with Crippen LogP contribution in [0.3, 0.4) is 0 Å². The fraction of sp³-hybridized carbons (Fsp3) is 0.250. The predicted octanol–water partition coefficient (Wildman–Crippen LogP) is 4.21. The van der Waals surface area contributed by atoms with Crippen molar-refractivity contribution in [1.29, 1.82) is 0 Å². The van der Waals surface area contributed by atoms with E-state index in [1.165, 1.54) is 0 Å². The first-order valence-electron chi connectivity index (χ1n) is 10.5. The van der Waals surface area contributed by atoms with E-state index in [0.29, 0.717) is 35.1 Å². The summed E-state index contributed by atoms with van der Waals surface area (Å²) in [5.41, 5.74) is 5.65. The Hall–Kier alpha value is -3.94.